The average Bonchev–Trinajstić information content (AvgIpc) is 2.51. The molecule has 5 nitrogen and oxygen atoms in total. The summed E-state index contributed by atoms with van der Waals surface area (Å²) in [7, 11) is 0. The van der Waals surface area contributed by atoms with Gasteiger partial charge in [-0.3, -0.25) is 9.59 Å². The molecule has 24 heavy (non-hydrogen) atoms. The van der Waals surface area contributed by atoms with E-state index < -0.39 is 11.9 Å². The van der Waals surface area contributed by atoms with Gasteiger partial charge in [0.15, 0.2) is 6.10 Å². The van der Waals surface area contributed by atoms with E-state index in [1.165, 1.54) is 19.1 Å². The number of benzene rings is 2. The molecule has 0 radical (unpaired) electrons. The van der Waals surface area contributed by atoms with Gasteiger partial charge in [0.25, 0.3) is 5.91 Å². The Bertz CT molecular complexity index is 750. The normalized spacial score (nSPS) is 11.5. The summed E-state index contributed by atoms with van der Waals surface area (Å²) in [5.41, 5.74) is 1.18. The number of hydrogen-bond acceptors (Lipinski definition) is 3. The van der Waals surface area contributed by atoms with Crippen LogP contribution in [-0.4, -0.2) is 17.9 Å². The Labute approximate surface area is 143 Å². The lowest BCUT2D eigenvalue weighted by Crippen LogP contribution is -2.30. The SMILES string of the molecule is CC(=O)Nc1ccc(NC(=O)C(C)Oc2ccc(F)cc2Cl)cc1. The van der Waals surface area contributed by atoms with Gasteiger partial charge in [-0.05, 0) is 49.4 Å². The first-order chi connectivity index (χ1) is 11.3. The standard InChI is InChI=1S/C17H16ClFN2O3/c1-10(24-16-8-3-12(19)9-15(16)18)17(23)21-14-6-4-13(5-7-14)20-11(2)22/h3-10H,1-2H3,(H,20,22)(H,21,23). The lowest BCUT2D eigenvalue weighted by atomic mass is 10.2. The fourth-order valence-electron chi connectivity index (χ4n) is 1.90. The van der Waals surface area contributed by atoms with Crippen LogP contribution in [0.2, 0.25) is 5.02 Å². The largest absolute Gasteiger partial charge is 0.479 e. The molecule has 0 heterocycles. The second kappa shape index (κ2) is 7.79. The average molecular weight is 351 g/mol. The number of ether oxygens (including phenoxy) is 1. The van der Waals surface area contributed by atoms with E-state index in [9.17, 15) is 14.0 Å². The highest BCUT2D eigenvalue weighted by Crippen LogP contribution is 2.26. The maximum Gasteiger partial charge on any atom is 0.265 e. The van der Waals surface area contributed by atoms with E-state index in [-0.39, 0.29) is 22.6 Å². The molecular formula is C17H16ClFN2O3. The predicted octanol–water partition coefficient (Wildman–Crippen LogP) is 3.84. The Morgan fingerprint density at radius 2 is 1.67 bits per heavy atom. The fraction of sp³-hybridized carbons (Fsp3) is 0.176. The van der Waals surface area contributed by atoms with Crippen molar-refractivity contribution in [2.75, 3.05) is 10.6 Å². The van der Waals surface area contributed by atoms with E-state index in [0.29, 0.717) is 11.4 Å². The molecule has 0 saturated carbocycles. The number of carbonyl (C=O) groups excluding carboxylic acids is 2. The third-order valence-electron chi connectivity index (χ3n) is 3.04. The Morgan fingerprint density at radius 1 is 1.08 bits per heavy atom. The molecule has 0 bridgehead atoms. The van der Waals surface area contributed by atoms with E-state index in [1.54, 1.807) is 31.2 Å². The first-order valence-corrected chi connectivity index (χ1v) is 7.53. The summed E-state index contributed by atoms with van der Waals surface area (Å²) in [6, 6.07) is 10.3. The van der Waals surface area contributed by atoms with Gasteiger partial charge in [0.1, 0.15) is 11.6 Å². The van der Waals surface area contributed by atoms with Crippen molar-refractivity contribution in [1.82, 2.24) is 0 Å². The van der Waals surface area contributed by atoms with Crippen LogP contribution in [0.3, 0.4) is 0 Å². The van der Waals surface area contributed by atoms with Crippen molar-refractivity contribution in [2.45, 2.75) is 20.0 Å². The van der Waals surface area contributed by atoms with Crippen LogP contribution >= 0.6 is 11.6 Å². The number of rotatable bonds is 5. The Hall–Kier alpha value is -2.60. The quantitative estimate of drug-likeness (QED) is 0.860. The molecule has 0 fully saturated rings. The zero-order chi connectivity index (χ0) is 17.7. The lowest BCUT2D eigenvalue weighted by Gasteiger charge is -2.16. The van der Waals surface area contributed by atoms with Crippen molar-refractivity contribution < 1.29 is 18.7 Å². The van der Waals surface area contributed by atoms with Crippen LogP contribution in [0, 0.1) is 5.82 Å². The minimum Gasteiger partial charge on any atom is -0.479 e. The molecule has 0 aromatic heterocycles. The molecule has 0 aliphatic heterocycles. The van der Waals surface area contributed by atoms with Gasteiger partial charge < -0.3 is 15.4 Å². The van der Waals surface area contributed by atoms with Gasteiger partial charge in [-0.1, -0.05) is 11.6 Å². The van der Waals surface area contributed by atoms with E-state index in [0.717, 1.165) is 6.07 Å². The number of nitrogens with one attached hydrogen (secondary N) is 2. The Balaban J connectivity index is 1.97. The predicted molar refractivity (Wildman–Crippen MR) is 90.9 cm³/mol. The number of hydrogen-bond donors (Lipinski definition) is 2. The third kappa shape index (κ3) is 4.96. The van der Waals surface area contributed by atoms with Gasteiger partial charge in [0.2, 0.25) is 5.91 Å². The van der Waals surface area contributed by atoms with E-state index in [1.807, 2.05) is 0 Å². The van der Waals surface area contributed by atoms with E-state index in [4.69, 9.17) is 16.3 Å². The van der Waals surface area contributed by atoms with Crippen molar-refractivity contribution in [3.63, 3.8) is 0 Å². The van der Waals surface area contributed by atoms with Crippen molar-refractivity contribution in [2.24, 2.45) is 0 Å². The highest BCUT2D eigenvalue weighted by Gasteiger charge is 2.16. The molecule has 7 heteroatoms. The van der Waals surface area contributed by atoms with Crippen molar-refractivity contribution in [1.29, 1.82) is 0 Å². The highest BCUT2D eigenvalue weighted by atomic mass is 35.5. The van der Waals surface area contributed by atoms with Gasteiger partial charge in [-0.2, -0.15) is 0 Å². The summed E-state index contributed by atoms with van der Waals surface area (Å²) >= 11 is 5.87. The zero-order valence-electron chi connectivity index (χ0n) is 13.1. The molecule has 1 unspecified atom stereocenters. The van der Waals surface area contributed by atoms with Crippen LogP contribution in [0.4, 0.5) is 15.8 Å². The smallest absolute Gasteiger partial charge is 0.265 e. The summed E-state index contributed by atoms with van der Waals surface area (Å²) in [6.07, 6.45) is -0.831. The summed E-state index contributed by atoms with van der Waals surface area (Å²) in [5.74, 6) is -0.821. The Morgan fingerprint density at radius 3 is 2.21 bits per heavy atom. The maximum atomic E-state index is 13.0. The molecule has 2 aromatic rings. The van der Waals surface area contributed by atoms with Crippen LogP contribution in [0.25, 0.3) is 0 Å². The van der Waals surface area contributed by atoms with Gasteiger partial charge in [0, 0.05) is 18.3 Å². The van der Waals surface area contributed by atoms with Crippen molar-refractivity contribution >= 4 is 34.8 Å². The second-order valence-electron chi connectivity index (χ2n) is 5.08. The van der Waals surface area contributed by atoms with Crippen molar-refractivity contribution in [3.8, 4) is 5.75 Å². The molecule has 126 valence electrons. The molecule has 0 spiro atoms. The van der Waals surface area contributed by atoms with E-state index in [2.05, 4.69) is 10.6 Å². The summed E-state index contributed by atoms with van der Waals surface area (Å²) in [4.78, 5) is 23.1. The van der Waals surface area contributed by atoms with Gasteiger partial charge in [-0.15, -0.1) is 0 Å². The fourth-order valence-corrected chi connectivity index (χ4v) is 2.11. The molecule has 2 aromatic carbocycles. The topological polar surface area (TPSA) is 67.4 Å². The number of anilines is 2. The molecule has 0 saturated heterocycles. The van der Waals surface area contributed by atoms with Crippen LogP contribution in [0.15, 0.2) is 42.5 Å². The van der Waals surface area contributed by atoms with Gasteiger partial charge in [-0.25, -0.2) is 4.39 Å². The van der Waals surface area contributed by atoms with Gasteiger partial charge in [0.05, 0.1) is 5.02 Å². The molecule has 2 amide bonds. The Kier molecular flexibility index (Phi) is 5.76. The molecular weight excluding hydrogens is 335 g/mol. The lowest BCUT2D eigenvalue weighted by molar-refractivity contribution is -0.122. The first-order valence-electron chi connectivity index (χ1n) is 7.15. The van der Waals surface area contributed by atoms with E-state index >= 15 is 0 Å². The molecule has 0 aliphatic carbocycles. The molecule has 2 N–H and O–H groups in total. The zero-order valence-corrected chi connectivity index (χ0v) is 13.9. The summed E-state index contributed by atoms with van der Waals surface area (Å²) in [6.45, 7) is 2.97. The maximum absolute atomic E-state index is 13.0. The minimum atomic E-state index is -0.831. The van der Waals surface area contributed by atoms with Crippen LogP contribution < -0.4 is 15.4 Å². The third-order valence-corrected chi connectivity index (χ3v) is 3.34. The summed E-state index contributed by atoms with van der Waals surface area (Å²) < 4.78 is 18.4. The monoisotopic (exact) mass is 350 g/mol. The second-order valence-corrected chi connectivity index (χ2v) is 5.49. The van der Waals surface area contributed by atoms with Crippen LogP contribution in [0.1, 0.15) is 13.8 Å². The van der Waals surface area contributed by atoms with Crippen LogP contribution in [0.5, 0.6) is 5.75 Å². The first kappa shape index (κ1) is 17.7. The van der Waals surface area contributed by atoms with Crippen molar-refractivity contribution in [3.05, 3.63) is 53.3 Å². The number of amides is 2. The highest BCUT2D eigenvalue weighted by molar-refractivity contribution is 6.32. The summed E-state index contributed by atoms with van der Waals surface area (Å²) in [5, 5.41) is 5.40. The molecule has 1 atom stereocenters. The number of carbonyl (C=O) groups is 2. The van der Waals surface area contributed by atoms with Gasteiger partial charge >= 0.3 is 0 Å². The van der Waals surface area contributed by atoms with Crippen LogP contribution in [-0.2, 0) is 9.59 Å². The number of halogens is 2. The molecule has 0 aliphatic rings. The molecule has 2 rings (SSSR count). The minimum absolute atomic E-state index is 0.0920.